The molecule has 9 heteroatoms. The SMILES string of the molecule is CC(=O)c1csc2c(C(F)(F)F)cc(N3CCC4(CC3)CN(C(=O)CC(C)C)C4)nc12. The molecule has 0 radical (unpaired) electrons. The maximum absolute atomic E-state index is 13.7. The normalized spacial score (nSPS) is 18.7. The van der Waals surface area contributed by atoms with E-state index in [-0.39, 0.29) is 38.7 Å². The van der Waals surface area contributed by atoms with Gasteiger partial charge in [0.25, 0.3) is 0 Å². The highest BCUT2D eigenvalue weighted by molar-refractivity contribution is 7.17. The maximum Gasteiger partial charge on any atom is 0.417 e. The average Bonchev–Trinajstić information content (AvgIpc) is 3.08. The second kappa shape index (κ2) is 7.76. The van der Waals surface area contributed by atoms with Gasteiger partial charge in [-0.25, -0.2) is 4.98 Å². The summed E-state index contributed by atoms with van der Waals surface area (Å²) in [5, 5.41) is 1.46. The van der Waals surface area contributed by atoms with E-state index >= 15 is 0 Å². The van der Waals surface area contributed by atoms with Gasteiger partial charge in [0.15, 0.2) is 5.78 Å². The Morgan fingerprint density at radius 1 is 1.23 bits per heavy atom. The van der Waals surface area contributed by atoms with Crippen molar-refractivity contribution in [1.29, 1.82) is 0 Å². The molecule has 0 aliphatic carbocycles. The maximum atomic E-state index is 13.7. The lowest BCUT2D eigenvalue weighted by molar-refractivity contribution is -0.145. The standard InChI is InChI=1S/C22H26F3N3O2S/c1-13(2)8-18(30)28-11-21(12-28)4-6-27(7-5-21)17-9-16(22(23,24)25)20-19(26-17)15(10-31-20)14(3)29/h9-10,13H,4-8,11-12H2,1-3H3. The number of nitrogens with zero attached hydrogens (tertiary/aromatic N) is 3. The van der Waals surface area contributed by atoms with E-state index in [2.05, 4.69) is 4.98 Å². The molecule has 0 aromatic carbocycles. The van der Waals surface area contributed by atoms with Gasteiger partial charge in [-0.3, -0.25) is 9.59 Å². The van der Waals surface area contributed by atoms with Crippen LogP contribution in [0.2, 0.25) is 0 Å². The van der Waals surface area contributed by atoms with Crippen LogP contribution in [0.5, 0.6) is 0 Å². The number of hydrogen-bond acceptors (Lipinski definition) is 5. The third-order valence-electron chi connectivity index (χ3n) is 6.33. The Bertz CT molecular complexity index is 1010. The van der Waals surface area contributed by atoms with E-state index in [1.807, 2.05) is 23.6 Å². The molecule has 2 saturated heterocycles. The van der Waals surface area contributed by atoms with Gasteiger partial charge in [0.1, 0.15) is 5.82 Å². The Kier molecular flexibility index (Phi) is 5.52. The third kappa shape index (κ3) is 4.16. The molecular formula is C22H26F3N3O2S. The van der Waals surface area contributed by atoms with Gasteiger partial charge in [0, 0.05) is 43.4 Å². The predicted molar refractivity (Wildman–Crippen MR) is 115 cm³/mol. The minimum Gasteiger partial charge on any atom is -0.357 e. The van der Waals surface area contributed by atoms with Gasteiger partial charge in [-0.1, -0.05) is 13.8 Å². The Morgan fingerprint density at radius 2 is 1.87 bits per heavy atom. The van der Waals surface area contributed by atoms with Crippen LogP contribution < -0.4 is 4.90 Å². The van der Waals surface area contributed by atoms with Crippen LogP contribution >= 0.6 is 11.3 Å². The molecule has 31 heavy (non-hydrogen) atoms. The third-order valence-corrected chi connectivity index (χ3v) is 7.33. The number of alkyl halides is 3. The van der Waals surface area contributed by atoms with Gasteiger partial charge in [-0.15, -0.1) is 11.3 Å². The Hall–Kier alpha value is -2.16. The lowest BCUT2D eigenvalue weighted by atomic mass is 9.71. The number of anilines is 1. The van der Waals surface area contributed by atoms with E-state index in [0.717, 1.165) is 43.3 Å². The topological polar surface area (TPSA) is 53.5 Å². The van der Waals surface area contributed by atoms with Crippen molar-refractivity contribution in [1.82, 2.24) is 9.88 Å². The molecule has 0 bridgehead atoms. The predicted octanol–water partition coefficient (Wildman–Crippen LogP) is 4.99. The number of rotatable bonds is 4. The first-order valence-electron chi connectivity index (χ1n) is 10.5. The number of carbonyl (C=O) groups excluding carboxylic acids is 2. The van der Waals surface area contributed by atoms with Gasteiger partial charge < -0.3 is 9.80 Å². The zero-order valence-corrected chi connectivity index (χ0v) is 18.7. The van der Waals surface area contributed by atoms with Crippen LogP contribution in [-0.2, 0) is 11.0 Å². The number of pyridine rings is 1. The molecule has 2 aromatic heterocycles. The average molecular weight is 454 g/mol. The quantitative estimate of drug-likeness (QED) is 0.612. The summed E-state index contributed by atoms with van der Waals surface area (Å²) >= 11 is 0.911. The highest BCUT2D eigenvalue weighted by Gasteiger charge is 2.47. The number of fused-ring (bicyclic) bond motifs is 1. The second-order valence-electron chi connectivity index (χ2n) is 9.24. The summed E-state index contributed by atoms with van der Waals surface area (Å²) in [5.41, 5.74) is -0.303. The van der Waals surface area contributed by atoms with Crippen molar-refractivity contribution in [3.8, 4) is 0 Å². The molecule has 2 aliphatic rings. The largest absolute Gasteiger partial charge is 0.417 e. The summed E-state index contributed by atoms with van der Waals surface area (Å²) in [6.45, 7) is 8.02. The fourth-order valence-electron chi connectivity index (χ4n) is 4.56. The van der Waals surface area contributed by atoms with Crippen LogP contribution in [0.1, 0.15) is 56.0 Å². The molecule has 4 heterocycles. The fourth-order valence-corrected chi connectivity index (χ4v) is 5.64. The molecular weight excluding hydrogens is 427 g/mol. The monoisotopic (exact) mass is 453 g/mol. The molecule has 0 saturated carbocycles. The highest BCUT2D eigenvalue weighted by atomic mass is 32.1. The number of thiophene rings is 1. The van der Waals surface area contributed by atoms with Crippen LogP contribution in [0.15, 0.2) is 11.4 Å². The van der Waals surface area contributed by atoms with Crippen molar-refractivity contribution in [2.45, 2.75) is 46.2 Å². The van der Waals surface area contributed by atoms with E-state index in [4.69, 9.17) is 0 Å². The summed E-state index contributed by atoms with van der Waals surface area (Å²) in [4.78, 5) is 32.4. The van der Waals surface area contributed by atoms with Crippen molar-refractivity contribution in [3.63, 3.8) is 0 Å². The minimum absolute atomic E-state index is 0.00762. The molecule has 2 fully saturated rings. The molecule has 2 aliphatic heterocycles. The Morgan fingerprint density at radius 3 is 2.42 bits per heavy atom. The number of Topliss-reactive ketones (excluding diaryl/α,β-unsaturated/α-hetero) is 1. The van der Waals surface area contributed by atoms with Crippen molar-refractivity contribution in [3.05, 3.63) is 22.6 Å². The van der Waals surface area contributed by atoms with E-state index in [1.165, 1.54) is 12.3 Å². The molecule has 2 aromatic rings. The zero-order valence-electron chi connectivity index (χ0n) is 17.9. The summed E-state index contributed by atoms with van der Waals surface area (Å²) in [6.07, 6.45) is -2.35. The van der Waals surface area contributed by atoms with Crippen LogP contribution in [0.4, 0.5) is 19.0 Å². The first-order valence-corrected chi connectivity index (χ1v) is 11.4. The van der Waals surface area contributed by atoms with E-state index in [0.29, 0.717) is 25.4 Å². The van der Waals surface area contributed by atoms with E-state index in [9.17, 15) is 22.8 Å². The van der Waals surface area contributed by atoms with Gasteiger partial charge >= 0.3 is 6.18 Å². The molecule has 1 amide bonds. The lowest BCUT2D eigenvalue weighted by Crippen LogP contribution is -2.62. The first kappa shape index (κ1) is 22.0. The molecule has 1 spiro atoms. The second-order valence-corrected chi connectivity index (χ2v) is 10.1. The number of piperidine rings is 1. The smallest absolute Gasteiger partial charge is 0.357 e. The summed E-state index contributed by atoms with van der Waals surface area (Å²) < 4.78 is 41.1. The van der Waals surface area contributed by atoms with Gasteiger partial charge in [-0.2, -0.15) is 13.2 Å². The summed E-state index contributed by atoms with van der Waals surface area (Å²) in [6, 6.07) is 1.11. The molecule has 168 valence electrons. The molecule has 0 N–H and O–H groups in total. The molecule has 0 atom stereocenters. The zero-order chi connectivity index (χ0) is 22.6. The minimum atomic E-state index is -4.52. The van der Waals surface area contributed by atoms with E-state index in [1.54, 1.807) is 0 Å². The number of ketones is 1. The van der Waals surface area contributed by atoms with Crippen LogP contribution in [-0.4, -0.2) is 47.8 Å². The Balaban J connectivity index is 1.53. The fraction of sp³-hybridized carbons (Fsp3) is 0.591. The van der Waals surface area contributed by atoms with Crippen LogP contribution in [0.25, 0.3) is 10.2 Å². The highest BCUT2D eigenvalue weighted by Crippen LogP contribution is 2.44. The Labute approximate surface area is 183 Å². The van der Waals surface area contributed by atoms with Gasteiger partial charge in [0.2, 0.25) is 5.91 Å². The first-order chi connectivity index (χ1) is 14.5. The van der Waals surface area contributed by atoms with Crippen molar-refractivity contribution < 1.29 is 22.8 Å². The number of aromatic nitrogens is 1. The van der Waals surface area contributed by atoms with Crippen molar-refractivity contribution in [2.24, 2.45) is 11.3 Å². The number of amides is 1. The van der Waals surface area contributed by atoms with Gasteiger partial charge in [-0.05, 0) is 31.7 Å². The number of carbonyl (C=O) groups is 2. The van der Waals surface area contributed by atoms with Gasteiger partial charge in [0.05, 0.1) is 21.3 Å². The lowest BCUT2D eigenvalue weighted by Gasteiger charge is -2.54. The van der Waals surface area contributed by atoms with Crippen LogP contribution in [0, 0.1) is 11.3 Å². The number of likely N-dealkylation sites (tertiary alicyclic amines) is 1. The molecule has 0 unspecified atom stereocenters. The number of hydrogen-bond donors (Lipinski definition) is 0. The summed E-state index contributed by atoms with van der Waals surface area (Å²) in [5.74, 6) is 0.482. The summed E-state index contributed by atoms with van der Waals surface area (Å²) in [7, 11) is 0. The van der Waals surface area contributed by atoms with E-state index < -0.39 is 11.7 Å². The van der Waals surface area contributed by atoms with Crippen LogP contribution in [0.3, 0.4) is 0 Å². The molecule has 5 nitrogen and oxygen atoms in total. The number of halogens is 3. The van der Waals surface area contributed by atoms with Crippen molar-refractivity contribution in [2.75, 3.05) is 31.1 Å². The van der Waals surface area contributed by atoms with Crippen molar-refractivity contribution >= 4 is 39.1 Å². The molecule has 4 rings (SSSR count).